The van der Waals surface area contributed by atoms with E-state index in [2.05, 4.69) is 11.8 Å². The first-order valence-electron chi connectivity index (χ1n) is 7.46. The molecule has 96 valence electrons. The minimum atomic E-state index is 0.402. The highest BCUT2D eigenvalue weighted by Gasteiger charge is 2.33. The molecule has 4 atom stereocenters. The van der Waals surface area contributed by atoms with Crippen molar-refractivity contribution in [3.05, 3.63) is 0 Å². The van der Waals surface area contributed by atoms with Gasteiger partial charge in [0, 0.05) is 12.5 Å². The summed E-state index contributed by atoms with van der Waals surface area (Å²) in [7, 11) is 0. The van der Waals surface area contributed by atoms with Crippen LogP contribution in [0.2, 0.25) is 0 Å². The lowest BCUT2D eigenvalue weighted by atomic mass is 9.66. The van der Waals surface area contributed by atoms with Crippen molar-refractivity contribution >= 4 is 0 Å². The minimum absolute atomic E-state index is 0.402. The minimum Gasteiger partial charge on any atom is -0.327 e. The van der Waals surface area contributed by atoms with Crippen LogP contribution in [0.4, 0.5) is 0 Å². The zero-order chi connectivity index (χ0) is 12.1. The number of nitrogens with two attached hydrogens (primary N) is 1. The van der Waals surface area contributed by atoms with Gasteiger partial charge >= 0.3 is 0 Å². The Kier molecular flexibility index (Phi) is 4.92. The van der Waals surface area contributed by atoms with Gasteiger partial charge in [-0.3, -0.25) is 0 Å². The lowest BCUT2D eigenvalue weighted by molar-refractivity contribution is 0.116. The molecule has 0 bridgehead atoms. The summed E-state index contributed by atoms with van der Waals surface area (Å²) in [6.07, 6.45) is 12.2. The fourth-order valence-electron chi connectivity index (χ4n) is 3.90. The van der Waals surface area contributed by atoms with E-state index in [-0.39, 0.29) is 0 Å². The van der Waals surface area contributed by atoms with Gasteiger partial charge < -0.3 is 5.73 Å². The Morgan fingerprint density at radius 1 is 1.12 bits per heavy atom. The Bertz CT molecular complexity index is 286. The van der Waals surface area contributed by atoms with Crippen molar-refractivity contribution in [1.29, 1.82) is 0 Å². The third kappa shape index (κ3) is 3.49. The maximum absolute atomic E-state index is 6.34. The van der Waals surface area contributed by atoms with E-state index < -0.39 is 0 Å². The molecule has 2 aliphatic rings. The van der Waals surface area contributed by atoms with Crippen LogP contribution >= 0.6 is 0 Å². The van der Waals surface area contributed by atoms with Crippen molar-refractivity contribution in [2.24, 2.45) is 23.5 Å². The van der Waals surface area contributed by atoms with E-state index in [1.165, 1.54) is 44.9 Å². The Hall–Kier alpha value is -0.480. The molecular formula is C16H27N. The summed E-state index contributed by atoms with van der Waals surface area (Å²) in [5, 5.41) is 0. The van der Waals surface area contributed by atoms with Crippen molar-refractivity contribution < 1.29 is 0 Å². The average Bonchev–Trinajstić information content (AvgIpc) is 2.38. The zero-order valence-corrected chi connectivity index (χ0v) is 11.3. The van der Waals surface area contributed by atoms with E-state index in [0.29, 0.717) is 6.04 Å². The first-order valence-corrected chi connectivity index (χ1v) is 7.46. The molecule has 2 aliphatic carbocycles. The molecule has 0 radical (unpaired) electrons. The molecule has 0 aliphatic heterocycles. The number of rotatable bonds is 3. The van der Waals surface area contributed by atoms with Crippen LogP contribution in [0.15, 0.2) is 0 Å². The molecule has 0 amide bonds. The highest BCUT2D eigenvalue weighted by Crippen LogP contribution is 2.43. The lowest BCUT2D eigenvalue weighted by Crippen LogP contribution is -2.37. The predicted octanol–water partition coefficient (Wildman–Crippen LogP) is 3.72. The van der Waals surface area contributed by atoms with Crippen molar-refractivity contribution in [2.75, 3.05) is 0 Å². The molecule has 1 nitrogen and oxygen atoms in total. The monoisotopic (exact) mass is 233 g/mol. The fraction of sp³-hybridized carbons (Fsp3) is 0.875. The zero-order valence-electron chi connectivity index (χ0n) is 11.3. The van der Waals surface area contributed by atoms with Gasteiger partial charge in [0.25, 0.3) is 0 Å². The van der Waals surface area contributed by atoms with Crippen LogP contribution in [0.1, 0.15) is 64.7 Å². The van der Waals surface area contributed by atoms with E-state index >= 15 is 0 Å². The first kappa shape index (κ1) is 13.0. The van der Waals surface area contributed by atoms with Crippen molar-refractivity contribution in [2.45, 2.75) is 70.8 Å². The summed E-state index contributed by atoms with van der Waals surface area (Å²) in [4.78, 5) is 0. The average molecular weight is 233 g/mol. The van der Waals surface area contributed by atoms with E-state index in [9.17, 15) is 0 Å². The second kappa shape index (κ2) is 6.45. The van der Waals surface area contributed by atoms with E-state index in [1.54, 1.807) is 0 Å². The Morgan fingerprint density at radius 2 is 1.88 bits per heavy atom. The molecule has 0 aromatic heterocycles. The Labute approximate surface area is 107 Å². The van der Waals surface area contributed by atoms with Crippen LogP contribution in [0, 0.1) is 29.6 Å². The molecule has 0 heterocycles. The summed E-state index contributed by atoms with van der Waals surface area (Å²) in [6.45, 7) is 1.92. The van der Waals surface area contributed by atoms with Gasteiger partial charge in [-0.25, -0.2) is 0 Å². The molecule has 0 aromatic carbocycles. The molecule has 17 heavy (non-hydrogen) atoms. The normalized spacial score (nSPS) is 34.4. The predicted molar refractivity (Wildman–Crippen MR) is 73.4 cm³/mol. The van der Waals surface area contributed by atoms with Gasteiger partial charge in [0.1, 0.15) is 0 Å². The molecular weight excluding hydrogens is 206 g/mol. The standard InChI is InChI=1S/C16H27N/c1-2-3-4-9-16(17)15-11-10-13-7-5-6-8-14(13)12-15/h13-16H,4-12,17H2,1H3. The maximum Gasteiger partial charge on any atom is 0.0103 e. The van der Waals surface area contributed by atoms with Crippen LogP contribution in [-0.4, -0.2) is 6.04 Å². The largest absolute Gasteiger partial charge is 0.327 e. The van der Waals surface area contributed by atoms with E-state index in [1.807, 2.05) is 6.92 Å². The fourth-order valence-corrected chi connectivity index (χ4v) is 3.90. The lowest BCUT2D eigenvalue weighted by Gasteiger charge is -2.41. The van der Waals surface area contributed by atoms with Crippen LogP contribution in [-0.2, 0) is 0 Å². The number of hydrogen-bond acceptors (Lipinski definition) is 1. The Morgan fingerprint density at radius 3 is 2.65 bits per heavy atom. The van der Waals surface area contributed by atoms with Crippen molar-refractivity contribution in [1.82, 2.24) is 0 Å². The summed E-state index contributed by atoms with van der Waals surface area (Å²) >= 11 is 0. The first-order chi connectivity index (χ1) is 8.31. The molecule has 4 unspecified atom stereocenters. The van der Waals surface area contributed by atoms with Gasteiger partial charge in [0.15, 0.2) is 0 Å². The van der Waals surface area contributed by atoms with Gasteiger partial charge in [-0.1, -0.05) is 25.7 Å². The quantitative estimate of drug-likeness (QED) is 0.739. The van der Waals surface area contributed by atoms with Crippen LogP contribution in [0.5, 0.6) is 0 Å². The molecule has 2 N–H and O–H groups in total. The Balaban J connectivity index is 1.79. The molecule has 0 aromatic rings. The van der Waals surface area contributed by atoms with Crippen LogP contribution in [0.25, 0.3) is 0 Å². The maximum atomic E-state index is 6.34. The highest BCUT2D eigenvalue weighted by atomic mass is 14.7. The van der Waals surface area contributed by atoms with E-state index in [0.717, 1.165) is 30.6 Å². The third-order valence-electron chi connectivity index (χ3n) is 4.97. The molecule has 1 heteroatoms. The van der Waals surface area contributed by atoms with Gasteiger partial charge in [-0.15, -0.1) is 11.8 Å². The van der Waals surface area contributed by atoms with Gasteiger partial charge in [0.05, 0.1) is 0 Å². The molecule has 2 rings (SSSR count). The summed E-state index contributed by atoms with van der Waals surface area (Å²) < 4.78 is 0. The smallest absolute Gasteiger partial charge is 0.0103 e. The highest BCUT2D eigenvalue weighted by molar-refractivity contribution is 4.96. The van der Waals surface area contributed by atoms with E-state index in [4.69, 9.17) is 5.73 Å². The van der Waals surface area contributed by atoms with Gasteiger partial charge in [-0.05, 0) is 50.4 Å². The summed E-state index contributed by atoms with van der Waals surface area (Å²) in [6, 6.07) is 0.402. The molecule has 0 saturated heterocycles. The number of fused-ring (bicyclic) bond motifs is 1. The van der Waals surface area contributed by atoms with Gasteiger partial charge in [0.2, 0.25) is 0 Å². The van der Waals surface area contributed by atoms with Crippen LogP contribution < -0.4 is 5.73 Å². The molecule has 2 fully saturated rings. The van der Waals surface area contributed by atoms with Crippen molar-refractivity contribution in [3.63, 3.8) is 0 Å². The van der Waals surface area contributed by atoms with Gasteiger partial charge in [-0.2, -0.15) is 0 Å². The SMILES string of the molecule is CC#CCCC(N)C1CCC2CCCCC2C1. The second-order valence-electron chi connectivity index (χ2n) is 6.01. The molecule has 0 spiro atoms. The second-order valence-corrected chi connectivity index (χ2v) is 6.01. The topological polar surface area (TPSA) is 26.0 Å². The van der Waals surface area contributed by atoms with Crippen LogP contribution in [0.3, 0.4) is 0 Å². The molecule has 2 saturated carbocycles. The third-order valence-corrected chi connectivity index (χ3v) is 4.97. The summed E-state index contributed by atoms with van der Waals surface area (Å²) in [5.74, 6) is 8.94. The van der Waals surface area contributed by atoms with Crippen molar-refractivity contribution in [3.8, 4) is 11.8 Å². The summed E-state index contributed by atoms with van der Waals surface area (Å²) in [5.41, 5.74) is 6.34. The number of hydrogen-bond donors (Lipinski definition) is 1.